The average Bonchev–Trinajstić information content (AvgIpc) is 2.54. The third-order valence-electron chi connectivity index (χ3n) is 4.08. The number of hydrogen-bond acceptors (Lipinski definition) is 3. The lowest BCUT2D eigenvalue weighted by atomic mass is 9.98. The zero-order chi connectivity index (χ0) is 15.5. The van der Waals surface area contributed by atoms with Gasteiger partial charge in [-0.1, -0.05) is 45.2 Å². The van der Waals surface area contributed by atoms with Gasteiger partial charge in [-0.2, -0.15) is 0 Å². The number of unbranched alkanes of at least 4 members (excludes halogenated alkanes) is 1. The summed E-state index contributed by atoms with van der Waals surface area (Å²) in [5.41, 5.74) is 6.91. The van der Waals surface area contributed by atoms with Crippen molar-refractivity contribution in [3.05, 3.63) is 24.3 Å². The first-order valence-electron chi connectivity index (χ1n) is 8.34. The summed E-state index contributed by atoms with van der Waals surface area (Å²) >= 11 is 0. The van der Waals surface area contributed by atoms with Crippen molar-refractivity contribution in [3.63, 3.8) is 0 Å². The molecule has 1 unspecified atom stereocenters. The second-order valence-electron chi connectivity index (χ2n) is 5.68. The Labute approximate surface area is 130 Å². The number of anilines is 1. The molecule has 0 amide bonds. The van der Waals surface area contributed by atoms with Gasteiger partial charge in [0.1, 0.15) is 5.75 Å². The van der Waals surface area contributed by atoms with E-state index in [0.717, 1.165) is 37.7 Å². The number of hydrogen-bond donors (Lipinski definition) is 1. The summed E-state index contributed by atoms with van der Waals surface area (Å²) in [5, 5.41) is 0. The molecule has 1 atom stereocenters. The van der Waals surface area contributed by atoms with E-state index < -0.39 is 0 Å². The molecule has 120 valence electrons. The summed E-state index contributed by atoms with van der Waals surface area (Å²) in [6, 6.07) is 8.30. The third kappa shape index (κ3) is 5.96. The van der Waals surface area contributed by atoms with Gasteiger partial charge in [-0.15, -0.1) is 0 Å². The van der Waals surface area contributed by atoms with Crippen LogP contribution in [-0.2, 0) is 0 Å². The number of benzene rings is 1. The minimum atomic E-state index is 0.734. The number of rotatable bonds is 11. The molecule has 0 bridgehead atoms. The lowest BCUT2D eigenvalue weighted by molar-refractivity contribution is 0.408. The first kappa shape index (κ1) is 17.8. The molecule has 1 aromatic carbocycles. The van der Waals surface area contributed by atoms with Crippen molar-refractivity contribution in [2.45, 2.75) is 46.0 Å². The zero-order valence-corrected chi connectivity index (χ0v) is 14.0. The molecule has 0 aromatic heterocycles. The second kappa shape index (κ2) is 10.5. The number of methoxy groups -OCH3 is 1. The van der Waals surface area contributed by atoms with Crippen LogP contribution in [0, 0.1) is 5.92 Å². The van der Waals surface area contributed by atoms with Crippen molar-refractivity contribution in [1.82, 2.24) is 0 Å². The van der Waals surface area contributed by atoms with E-state index in [1.807, 2.05) is 12.1 Å². The van der Waals surface area contributed by atoms with E-state index in [1.54, 1.807) is 7.11 Å². The van der Waals surface area contributed by atoms with Crippen LogP contribution in [0.15, 0.2) is 24.3 Å². The summed E-state index contributed by atoms with van der Waals surface area (Å²) in [5.74, 6) is 1.70. The van der Waals surface area contributed by atoms with Crippen LogP contribution < -0.4 is 15.4 Å². The molecule has 0 aliphatic rings. The van der Waals surface area contributed by atoms with E-state index in [4.69, 9.17) is 10.5 Å². The molecule has 21 heavy (non-hydrogen) atoms. The maximum Gasteiger partial charge on any atom is 0.142 e. The van der Waals surface area contributed by atoms with Gasteiger partial charge >= 0.3 is 0 Å². The standard InChI is InChI=1S/C18H32N2O/c1-4-6-10-16(5-2)15-20(14-9-13-19)17-11-7-8-12-18(17)21-3/h7-8,11-12,16H,4-6,9-10,13-15,19H2,1-3H3. The molecule has 3 heteroatoms. The number of para-hydroxylation sites is 2. The van der Waals surface area contributed by atoms with E-state index in [0.29, 0.717) is 0 Å². The highest BCUT2D eigenvalue weighted by molar-refractivity contribution is 5.58. The number of nitrogens with two attached hydrogens (primary N) is 1. The molecule has 0 saturated carbocycles. The fourth-order valence-electron chi connectivity index (χ4n) is 2.71. The van der Waals surface area contributed by atoms with Gasteiger partial charge in [0, 0.05) is 13.1 Å². The van der Waals surface area contributed by atoms with Gasteiger partial charge in [-0.25, -0.2) is 0 Å². The summed E-state index contributed by atoms with van der Waals surface area (Å²) < 4.78 is 5.53. The van der Waals surface area contributed by atoms with Crippen LogP contribution in [0.3, 0.4) is 0 Å². The quantitative estimate of drug-likeness (QED) is 0.668. The predicted octanol–water partition coefficient (Wildman–Crippen LogP) is 4.07. The topological polar surface area (TPSA) is 38.5 Å². The van der Waals surface area contributed by atoms with Gasteiger partial charge in [-0.05, 0) is 37.4 Å². The van der Waals surface area contributed by atoms with Crippen molar-refractivity contribution < 1.29 is 4.74 Å². The average molecular weight is 292 g/mol. The first-order chi connectivity index (χ1) is 10.3. The maximum atomic E-state index is 5.71. The highest BCUT2D eigenvalue weighted by Gasteiger charge is 2.16. The van der Waals surface area contributed by atoms with E-state index in [-0.39, 0.29) is 0 Å². The third-order valence-corrected chi connectivity index (χ3v) is 4.08. The van der Waals surface area contributed by atoms with Crippen LogP contribution in [0.1, 0.15) is 46.0 Å². The molecule has 2 N–H and O–H groups in total. The Morgan fingerprint density at radius 2 is 1.95 bits per heavy atom. The van der Waals surface area contributed by atoms with Crippen molar-refractivity contribution >= 4 is 5.69 Å². The largest absolute Gasteiger partial charge is 0.495 e. The Kier molecular flexibility index (Phi) is 8.91. The molecule has 1 aromatic rings. The highest BCUT2D eigenvalue weighted by atomic mass is 16.5. The second-order valence-corrected chi connectivity index (χ2v) is 5.68. The Morgan fingerprint density at radius 3 is 2.57 bits per heavy atom. The minimum Gasteiger partial charge on any atom is -0.495 e. The molecule has 0 fully saturated rings. The van der Waals surface area contributed by atoms with E-state index in [2.05, 4.69) is 30.9 Å². The number of nitrogens with zero attached hydrogens (tertiary/aromatic N) is 1. The smallest absolute Gasteiger partial charge is 0.142 e. The van der Waals surface area contributed by atoms with Gasteiger partial charge in [-0.3, -0.25) is 0 Å². The summed E-state index contributed by atoms with van der Waals surface area (Å²) in [6.07, 6.45) is 6.14. The monoisotopic (exact) mass is 292 g/mol. The fraction of sp³-hybridized carbons (Fsp3) is 0.667. The van der Waals surface area contributed by atoms with Gasteiger partial charge in [0.2, 0.25) is 0 Å². The zero-order valence-electron chi connectivity index (χ0n) is 14.0. The molecular weight excluding hydrogens is 260 g/mol. The van der Waals surface area contributed by atoms with E-state index >= 15 is 0 Å². The Balaban J connectivity index is 2.83. The minimum absolute atomic E-state index is 0.734. The molecule has 1 rings (SSSR count). The predicted molar refractivity (Wildman–Crippen MR) is 92.2 cm³/mol. The van der Waals surface area contributed by atoms with Gasteiger partial charge in [0.05, 0.1) is 12.8 Å². The van der Waals surface area contributed by atoms with Crippen molar-refractivity contribution in [1.29, 1.82) is 0 Å². The van der Waals surface area contributed by atoms with Gasteiger partial charge in [0.15, 0.2) is 0 Å². The normalized spacial score (nSPS) is 12.2. The summed E-state index contributed by atoms with van der Waals surface area (Å²) in [6.45, 7) is 7.39. The SMILES string of the molecule is CCCCC(CC)CN(CCCN)c1ccccc1OC. The van der Waals surface area contributed by atoms with Crippen LogP contribution in [0.5, 0.6) is 5.75 Å². The molecule has 0 aliphatic carbocycles. The molecule has 0 spiro atoms. The molecule has 3 nitrogen and oxygen atoms in total. The van der Waals surface area contributed by atoms with Crippen LogP contribution in [0.4, 0.5) is 5.69 Å². The Morgan fingerprint density at radius 1 is 1.19 bits per heavy atom. The molecule has 0 radical (unpaired) electrons. The summed E-state index contributed by atoms with van der Waals surface area (Å²) in [7, 11) is 1.74. The van der Waals surface area contributed by atoms with Crippen molar-refractivity contribution in [2.24, 2.45) is 11.7 Å². The number of ether oxygens (including phenoxy) is 1. The van der Waals surface area contributed by atoms with Gasteiger partial charge in [0.25, 0.3) is 0 Å². The van der Waals surface area contributed by atoms with E-state index in [9.17, 15) is 0 Å². The summed E-state index contributed by atoms with van der Waals surface area (Å²) in [4.78, 5) is 2.45. The lowest BCUT2D eigenvalue weighted by Gasteiger charge is -2.30. The fourth-order valence-corrected chi connectivity index (χ4v) is 2.71. The lowest BCUT2D eigenvalue weighted by Crippen LogP contribution is -2.31. The van der Waals surface area contributed by atoms with Crippen molar-refractivity contribution in [3.8, 4) is 5.75 Å². The van der Waals surface area contributed by atoms with Crippen LogP contribution >= 0.6 is 0 Å². The Bertz CT molecular complexity index is 381. The highest BCUT2D eigenvalue weighted by Crippen LogP contribution is 2.29. The first-order valence-corrected chi connectivity index (χ1v) is 8.34. The maximum absolute atomic E-state index is 5.71. The van der Waals surface area contributed by atoms with Crippen LogP contribution in [0.25, 0.3) is 0 Å². The molecule has 0 heterocycles. The van der Waals surface area contributed by atoms with Gasteiger partial charge < -0.3 is 15.4 Å². The Hall–Kier alpha value is -1.22. The van der Waals surface area contributed by atoms with Crippen molar-refractivity contribution in [2.75, 3.05) is 31.6 Å². The van der Waals surface area contributed by atoms with Crippen LogP contribution in [-0.4, -0.2) is 26.7 Å². The molecule has 0 saturated heterocycles. The van der Waals surface area contributed by atoms with Crippen LogP contribution in [0.2, 0.25) is 0 Å². The molecule has 0 aliphatic heterocycles. The van der Waals surface area contributed by atoms with E-state index in [1.165, 1.54) is 31.4 Å². The molecular formula is C18H32N2O.